The van der Waals surface area contributed by atoms with Gasteiger partial charge in [-0.3, -0.25) is 4.79 Å². The zero-order valence-corrected chi connectivity index (χ0v) is 21.0. The van der Waals surface area contributed by atoms with E-state index in [1.807, 2.05) is 13.0 Å². The Hall–Kier alpha value is -2.19. The Balaban J connectivity index is 3.05. The second-order valence-electron chi connectivity index (χ2n) is 9.24. The molecular weight excluding hydrogens is 448 g/mol. The molecule has 1 aromatic carbocycles. The number of aliphatic carboxylic acids is 1. The van der Waals surface area contributed by atoms with Crippen molar-refractivity contribution >= 4 is 5.97 Å². The van der Waals surface area contributed by atoms with Crippen molar-refractivity contribution in [3.63, 3.8) is 0 Å². The Bertz CT molecular complexity index is 787. The van der Waals surface area contributed by atoms with E-state index in [4.69, 9.17) is 5.11 Å². The smallest absolute Gasteiger partial charge is 0.303 e. The third kappa shape index (κ3) is 14.1. The van der Waals surface area contributed by atoms with Crippen molar-refractivity contribution in [2.75, 3.05) is 6.61 Å². The molecule has 0 aliphatic carbocycles. The summed E-state index contributed by atoms with van der Waals surface area (Å²) in [6.45, 7) is 1.66. The number of carboxylic acids is 1. The molecule has 7 nitrogen and oxygen atoms in total. The van der Waals surface area contributed by atoms with Crippen molar-refractivity contribution in [3.05, 3.63) is 53.1 Å². The fourth-order valence-electron chi connectivity index (χ4n) is 4.00. The SMILES string of the molecule is CCCCC(O)C(O)C=CC(Cc1cccc(O)c1)=C(CCCCCCCC(=O)O)CC(O)CO. The lowest BCUT2D eigenvalue weighted by Crippen LogP contribution is -2.23. The van der Waals surface area contributed by atoms with Crippen LogP contribution in [0.15, 0.2) is 47.6 Å². The molecule has 0 bridgehead atoms. The molecule has 3 unspecified atom stereocenters. The fraction of sp³-hybridized carbons (Fsp3) is 0.607. The van der Waals surface area contributed by atoms with Gasteiger partial charge in [0.2, 0.25) is 0 Å². The van der Waals surface area contributed by atoms with E-state index in [9.17, 15) is 30.3 Å². The summed E-state index contributed by atoms with van der Waals surface area (Å²) in [6, 6.07) is 6.91. The lowest BCUT2D eigenvalue weighted by atomic mass is 9.91. The largest absolute Gasteiger partial charge is 0.508 e. The molecule has 1 aromatic rings. The van der Waals surface area contributed by atoms with Crippen LogP contribution in [-0.4, -0.2) is 61.5 Å². The average molecular weight is 493 g/mol. The highest BCUT2D eigenvalue weighted by Crippen LogP contribution is 2.25. The second kappa shape index (κ2) is 18.1. The molecule has 6 N–H and O–H groups in total. The molecule has 0 amide bonds. The lowest BCUT2D eigenvalue weighted by molar-refractivity contribution is -0.137. The van der Waals surface area contributed by atoms with Crippen molar-refractivity contribution in [1.29, 1.82) is 0 Å². The number of allylic oxidation sites excluding steroid dienone is 2. The van der Waals surface area contributed by atoms with Crippen LogP contribution in [0, 0.1) is 0 Å². The fourth-order valence-corrected chi connectivity index (χ4v) is 4.00. The molecule has 1 rings (SSSR count). The molecule has 7 heteroatoms. The number of phenols is 1. The standard InChI is InChI=1S/C28H44O7/c1-2-3-13-26(32)27(33)16-15-23(17-21-10-9-12-24(30)18-21)22(19-25(31)20-29)11-7-5-4-6-8-14-28(34)35/h9-10,12,15-16,18,25-27,29-33H,2-8,11,13-14,17,19-20H2,1H3,(H,34,35). The van der Waals surface area contributed by atoms with Gasteiger partial charge >= 0.3 is 5.97 Å². The number of carbonyl (C=O) groups is 1. The maximum absolute atomic E-state index is 10.7. The van der Waals surface area contributed by atoms with E-state index >= 15 is 0 Å². The van der Waals surface area contributed by atoms with Gasteiger partial charge in [-0.2, -0.15) is 0 Å². The first-order chi connectivity index (χ1) is 16.8. The van der Waals surface area contributed by atoms with Crippen LogP contribution < -0.4 is 0 Å². The van der Waals surface area contributed by atoms with Crippen molar-refractivity contribution in [1.82, 2.24) is 0 Å². The first kappa shape index (κ1) is 30.8. The number of aliphatic hydroxyl groups is 4. The highest BCUT2D eigenvalue weighted by Gasteiger charge is 2.15. The highest BCUT2D eigenvalue weighted by molar-refractivity contribution is 5.66. The summed E-state index contributed by atoms with van der Waals surface area (Å²) in [5.74, 6) is -0.627. The summed E-state index contributed by atoms with van der Waals surface area (Å²) in [6.07, 6.45) is 8.64. The molecule has 0 aliphatic rings. The van der Waals surface area contributed by atoms with Gasteiger partial charge in [-0.25, -0.2) is 0 Å². The first-order valence-electron chi connectivity index (χ1n) is 12.8. The third-order valence-electron chi connectivity index (χ3n) is 6.06. The Morgan fingerprint density at radius 1 is 1.00 bits per heavy atom. The van der Waals surface area contributed by atoms with Gasteiger partial charge < -0.3 is 30.6 Å². The quantitative estimate of drug-likeness (QED) is 0.125. The lowest BCUT2D eigenvalue weighted by Gasteiger charge is -2.18. The van der Waals surface area contributed by atoms with E-state index < -0.39 is 24.3 Å². The summed E-state index contributed by atoms with van der Waals surface area (Å²) in [5.41, 5.74) is 2.69. The van der Waals surface area contributed by atoms with Crippen LogP contribution in [0.25, 0.3) is 0 Å². The van der Waals surface area contributed by atoms with Gasteiger partial charge in [0.05, 0.1) is 24.9 Å². The zero-order chi connectivity index (χ0) is 26.1. The molecule has 0 saturated heterocycles. The molecule has 35 heavy (non-hydrogen) atoms. The monoisotopic (exact) mass is 492 g/mol. The Kier molecular flexibility index (Phi) is 16.0. The first-order valence-corrected chi connectivity index (χ1v) is 12.8. The maximum Gasteiger partial charge on any atom is 0.303 e. The number of phenolic OH excluding ortho intramolecular Hbond substituents is 1. The predicted molar refractivity (Wildman–Crippen MR) is 137 cm³/mol. The van der Waals surface area contributed by atoms with Gasteiger partial charge in [0.15, 0.2) is 0 Å². The van der Waals surface area contributed by atoms with Crippen LogP contribution in [0.1, 0.15) is 83.1 Å². The van der Waals surface area contributed by atoms with Gasteiger partial charge in [0.1, 0.15) is 5.75 Å². The van der Waals surface area contributed by atoms with Crippen molar-refractivity contribution in [2.24, 2.45) is 0 Å². The van der Waals surface area contributed by atoms with E-state index in [-0.39, 0.29) is 25.2 Å². The topological polar surface area (TPSA) is 138 Å². The minimum Gasteiger partial charge on any atom is -0.508 e. The minimum absolute atomic E-state index is 0.152. The van der Waals surface area contributed by atoms with E-state index in [0.29, 0.717) is 25.7 Å². The number of aromatic hydroxyl groups is 1. The van der Waals surface area contributed by atoms with E-state index in [2.05, 4.69) is 0 Å². The molecule has 0 saturated carbocycles. The number of rotatable bonds is 19. The van der Waals surface area contributed by atoms with Gasteiger partial charge in [0, 0.05) is 6.42 Å². The van der Waals surface area contributed by atoms with Crippen molar-refractivity contribution < 1.29 is 35.4 Å². The summed E-state index contributed by atoms with van der Waals surface area (Å²) >= 11 is 0. The molecule has 3 atom stereocenters. The van der Waals surface area contributed by atoms with E-state index in [1.54, 1.807) is 30.4 Å². The number of aliphatic hydroxyl groups excluding tert-OH is 4. The molecule has 0 aliphatic heterocycles. The Labute approximate surface area is 209 Å². The van der Waals surface area contributed by atoms with Crippen LogP contribution in [0.3, 0.4) is 0 Å². The van der Waals surface area contributed by atoms with Crippen LogP contribution in [0.4, 0.5) is 0 Å². The number of carboxylic acid groups (broad SMARTS) is 1. The molecule has 0 fully saturated rings. The normalized spacial score (nSPS) is 15.1. The number of unbranched alkanes of at least 4 members (excludes halogenated alkanes) is 5. The highest BCUT2D eigenvalue weighted by atomic mass is 16.4. The molecule has 0 radical (unpaired) electrons. The Morgan fingerprint density at radius 2 is 1.69 bits per heavy atom. The summed E-state index contributed by atoms with van der Waals surface area (Å²) in [5, 5.41) is 58.9. The predicted octanol–water partition coefficient (Wildman–Crippen LogP) is 4.26. The zero-order valence-electron chi connectivity index (χ0n) is 21.0. The summed E-state index contributed by atoms with van der Waals surface area (Å²) < 4.78 is 0. The number of hydrogen-bond acceptors (Lipinski definition) is 6. The van der Waals surface area contributed by atoms with Gasteiger partial charge in [0.25, 0.3) is 0 Å². The molecule has 198 valence electrons. The van der Waals surface area contributed by atoms with Crippen molar-refractivity contribution in [3.8, 4) is 5.75 Å². The van der Waals surface area contributed by atoms with Crippen LogP contribution >= 0.6 is 0 Å². The molecule has 0 spiro atoms. The summed E-state index contributed by atoms with van der Waals surface area (Å²) in [7, 11) is 0. The van der Waals surface area contributed by atoms with Crippen LogP contribution in [-0.2, 0) is 11.2 Å². The second-order valence-corrected chi connectivity index (χ2v) is 9.24. The number of hydrogen-bond donors (Lipinski definition) is 6. The summed E-state index contributed by atoms with van der Waals surface area (Å²) in [4.78, 5) is 10.7. The van der Waals surface area contributed by atoms with Crippen molar-refractivity contribution in [2.45, 2.75) is 102 Å². The number of benzene rings is 1. The minimum atomic E-state index is -1.01. The van der Waals surface area contributed by atoms with E-state index in [1.165, 1.54) is 0 Å². The average Bonchev–Trinajstić information content (AvgIpc) is 2.83. The maximum atomic E-state index is 10.7. The Morgan fingerprint density at radius 3 is 2.31 bits per heavy atom. The third-order valence-corrected chi connectivity index (χ3v) is 6.06. The van der Waals surface area contributed by atoms with Gasteiger partial charge in [-0.05, 0) is 61.8 Å². The van der Waals surface area contributed by atoms with Crippen LogP contribution in [0.5, 0.6) is 5.75 Å². The van der Waals surface area contributed by atoms with Gasteiger partial charge in [-0.15, -0.1) is 0 Å². The molecule has 0 heterocycles. The molecule has 0 aromatic heterocycles. The molecular formula is C28H44O7. The van der Waals surface area contributed by atoms with Gasteiger partial charge in [-0.1, -0.05) is 68.9 Å². The van der Waals surface area contributed by atoms with E-state index in [0.717, 1.165) is 55.2 Å². The van der Waals surface area contributed by atoms with Crippen LogP contribution in [0.2, 0.25) is 0 Å².